The molecule has 0 heterocycles. The lowest BCUT2D eigenvalue weighted by molar-refractivity contribution is 1.24. The van der Waals surface area contributed by atoms with Crippen LogP contribution < -0.4 is 5.73 Å². The molecule has 13 heavy (non-hydrogen) atoms. The quantitative estimate of drug-likeness (QED) is 0.734. The highest BCUT2D eigenvalue weighted by Crippen LogP contribution is 2.19. The zero-order valence-electron chi connectivity index (χ0n) is 8.59. The Morgan fingerprint density at radius 3 is 2.69 bits per heavy atom. The second kappa shape index (κ2) is 4.24. The molecular weight excluding hydrogens is 158 g/mol. The Morgan fingerprint density at radius 2 is 2.08 bits per heavy atom. The lowest BCUT2D eigenvalue weighted by atomic mass is 9.99. The van der Waals surface area contributed by atoms with Gasteiger partial charge >= 0.3 is 0 Å². The Morgan fingerprint density at radius 1 is 1.38 bits per heavy atom. The first-order valence-electron chi connectivity index (χ1n) is 4.59. The van der Waals surface area contributed by atoms with Crippen LogP contribution in [0.5, 0.6) is 0 Å². The number of rotatable bonds is 2. The number of hydrogen-bond donors (Lipinski definition) is 1. The minimum absolute atomic E-state index is 0.610. The monoisotopic (exact) mass is 175 g/mol. The SMILES string of the molecule is C/C(=C/CN)c1cc(C)ccc1C. The molecule has 1 heteroatoms. The largest absolute Gasteiger partial charge is 0.327 e. The lowest BCUT2D eigenvalue weighted by Crippen LogP contribution is -1.95. The maximum absolute atomic E-state index is 5.48. The van der Waals surface area contributed by atoms with Crippen molar-refractivity contribution >= 4 is 5.57 Å². The summed E-state index contributed by atoms with van der Waals surface area (Å²) < 4.78 is 0. The zero-order chi connectivity index (χ0) is 9.84. The second-order valence-corrected chi connectivity index (χ2v) is 3.44. The molecule has 0 aromatic heterocycles. The molecule has 70 valence electrons. The number of hydrogen-bond acceptors (Lipinski definition) is 1. The van der Waals surface area contributed by atoms with E-state index in [4.69, 9.17) is 5.73 Å². The summed E-state index contributed by atoms with van der Waals surface area (Å²) in [5.74, 6) is 0. The average Bonchev–Trinajstić information content (AvgIpc) is 2.09. The van der Waals surface area contributed by atoms with Gasteiger partial charge in [-0.1, -0.05) is 29.8 Å². The van der Waals surface area contributed by atoms with Crippen LogP contribution in [0.1, 0.15) is 23.6 Å². The van der Waals surface area contributed by atoms with E-state index in [1.54, 1.807) is 0 Å². The molecule has 0 unspecified atom stereocenters. The minimum atomic E-state index is 0.610. The van der Waals surface area contributed by atoms with E-state index in [0.717, 1.165) is 0 Å². The van der Waals surface area contributed by atoms with Gasteiger partial charge in [0.05, 0.1) is 0 Å². The summed E-state index contributed by atoms with van der Waals surface area (Å²) in [4.78, 5) is 0. The fourth-order valence-corrected chi connectivity index (χ4v) is 1.45. The van der Waals surface area contributed by atoms with Crippen molar-refractivity contribution in [2.24, 2.45) is 5.73 Å². The van der Waals surface area contributed by atoms with Gasteiger partial charge < -0.3 is 5.73 Å². The molecule has 1 aromatic rings. The van der Waals surface area contributed by atoms with Crippen LogP contribution in [0.25, 0.3) is 5.57 Å². The van der Waals surface area contributed by atoms with Crippen LogP contribution in [-0.2, 0) is 0 Å². The molecule has 1 nitrogen and oxygen atoms in total. The van der Waals surface area contributed by atoms with Gasteiger partial charge in [0, 0.05) is 6.54 Å². The average molecular weight is 175 g/mol. The molecule has 0 amide bonds. The van der Waals surface area contributed by atoms with E-state index in [1.165, 1.54) is 22.3 Å². The van der Waals surface area contributed by atoms with Crippen molar-refractivity contribution in [2.45, 2.75) is 20.8 Å². The van der Waals surface area contributed by atoms with Crippen LogP contribution in [0.2, 0.25) is 0 Å². The second-order valence-electron chi connectivity index (χ2n) is 3.44. The Hall–Kier alpha value is -1.08. The summed E-state index contributed by atoms with van der Waals surface area (Å²) in [6, 6.07) is 6.49. The van der Waals surface area contributed by atoms with E-state index >= 15 is 0 Å². The molecule has 0 saturated heterocycles. The highest BCUT2D eigenvalue weighted by molar-refractivity contribution is 5.67. The zero-order valence-corrected chi connectivity index (χ0v) is 8.59. The van der Waals surface area contributed by atoms with Gasteiger partial charge in [-0.15, -0.1) is 0 Å². The fraction of sp³-hybridized carbons (Fsp3) is 0.333. The summed E-state index contributed by atoms with van der Waals surface area (Å²) in [5.41, 5.74) is 10.7. The first kappa shape index (κ1) is 10.0. The van der Waals surface area contributed by atoms with Crippen molar-refractivity contribution in [1.29, 1.82) is 0 Å². The van der Waals surface area contributed by atoms with E-state index < -0.39 is 0 Å². The van der Waals surface area contributed by atoms with Gasteiger partial charge in [-0.3, -0.25) is 0 Å². The molecule has 0 spiro atoms. The fourth-order valence-electron chi connectivity index (χ4n) is 1.45. The molecule has 0 fully saturated rings. The molecule has 0 aliphatic carbocycles. The Balaban J connectivity index is 3.13. The van der Waals surface area contributed by atoms with Crippen LogP contribution in [0.15, 0.2) is 24.3 Å². The molecule has 0 aliphatic rings. The van der Waals surface area contributed by atoms with E-state index in [0.29, 0.717) is 6.54 Å². The van der Waals surface area contributed by atoms with Crippen LogP contribution in [0.3, 0.4) is 0 Å². The molecule has 0 bridgehead atoms. The predicted molar refractivity (Wildman–Crippen MR) is 58.6 cm³/mol. The number of aryl methyl sites for hydroxylation is 2. The van der Waals surface area contributed by atoms with Crippen LogP contribution in [0.4, 0.5) is 0 Å². The summed E-state index contributed by atoms with van der Waals surface area (Å²) in [5, 5.41) is 0. The Bertz CT molecular complexity index is 324. The van der Waals surface area contributed by atoms with Gasteiger partial charge in [0.25, 0.3) is 0 Å². The van der Waals surface area contributed by atoms with Crippen molar-refractivity contribution in [3.05, 3.63) is 41.0 Å². The number of allylic oxidation sites excluding steroid dienone is 1. The highest BCUT2D eigenvalue weighted by Gasteiger charge is 1.99. The molecule has 0 radical (unpaired) electrons. The topological polar surface area (TPSA) is 26.0 Å². The van der Waals surface area contributed by atoms with Gasteiger partial charge in [0.15, 0.2) is 0 Å². The number of benzene rings is 1. The molecule has 1 aromatic carbocycles. The van der Waals surface area contributed by atoms with Gasteiger partial charge in [-0.25, -0.2) is 0 Å². The first-order chi connectivity index (χ1) is 6.15. The number of nitrogens with two attached hydrogens (primary N) is 1. The highest BCUT2D eigenvalue weighted by atomic mass is 14.5. The van der Waals surface area contributed by atoms with E-state index in [9.17, 15) is 0 Å². The first-order valence-corrected chi connectivity index (χ1v) is 4.59. The maximum atomic E-state index is 5.48. The third-order valence-corrected chi connectivity index (χ3v) is 2.24. The van der Waals surface area contributed by atoms with Crippen LogP contribution in [-0.4, -0.2) is 6.54 Å². The lowest BCUT2D eigenvalue weighted by Gasteiger charge is -2.07. The van der Waals surface area contributed by atoms with E-state index in [2.05, 4.69) is 45.0 Å². The van der Waals surface area contributed by atoms with Gasteiger partial charge in [0.1, 0.15) is 0 Å². The molecule has 1 rings (SSSR count). The normalized spacial score (nSPS) is 11.8. The minimum Gasteiger partial charge on any atom is -0.327 e. The molecule has 0 aliphatic heterocycles. The van der Waals surface area contributed by atoms with Gasteiger partial charge in [-0.05, 0) is 37.5 Å². The van der Waals surface area contributed by atoms with Gasteiger partial charge in [-0.2, -0.15) is 0 Å². The predicted octanol–water partition coefficient (Wildman–Crippen LogP) is 2.67. The maximum Gasteiger partial charge on any atom is 0.0112 e. The van der Waals surface area contributed by atoms with Crippen molar-refractivity contribution < 1.29 is 0 Å². The summed E-state index contributed by atoms with van der Waals surface area (Å²) in [6.45, 7) is 6.95. The van der Waals surface area contributed by atoms with Crippen molar-refractivity contribution in [3.63, 3.8) is 0 Å². The third-order valence-electron chi connectivity index (χ3n) is 2.24. The third kappa shape index (κ3) is 2.43. The van der Waals surface area contributed by atoms with Crippen LogP contribution >= 0.6 is 0 Å². The van der Waals surface area contributed by atoms with Crippen molar-refractivity contribution in [1.82, 2.24) is 0 Å². The molecule has 0 atom stereocenters. The molecular formula is C12H17N. The summed E-state index contributed by atoms with van der Waals surface area (Å²) in [7, 11) is 0. The van der Waals surface area contributed by atoms with E-state index in [-0.39, 0.29) is 0 Å². The van der Waals surface area contributed by atoms with Crippen molar-refractivity contribution in [3.8, 4) is 0 Å². The molecule has 2 N–H and O–H groups in total. The molecule has 0 saturated carbocycles. The van der Waals surface area contributed by atoms with Crippen LogP contribution in [0, 0.1) is 13.8 Å². The van der Waals surface area contributed by atoms with E-state index in [1.807, 2.05) is 0 Å². The standard InChI is InChI=1S/C12H17N/c1-9-4-5-10(2)12(8-9)11(3)6-7-13/h4-6,8H,7,13H2,1-3H3/b11-6-. The Kier molecular flexibility index (Phi) is 3.26. The summed E-state index contributed by atoms with van der Waals surface area (Å²) >= 11 is 0. The summed E-state index contributed by atoms with van der Waals surface area (Å²) in [6.07, 6.45) is 2.06. The Labute approximate surface area is 80.3 Å². The van der Waals surface area contributed by atoms with Crippen molar-refractivity contribution in [2.75, 3.05) is 6.54 Å². The van der Waals surface area contributed by atoms with Gasteiger partial charge in [0.2, 0.25) is 0 Å². The smallest absolute Gasteiger partial charge is 0.0112 e.